The van der Waals surface area contributed by atoms with Crippen LogP contribution in [-0.4, -0.2) is 18.7 Å². The van der Waals surface area contributed by atoms with Crippen molar-refractivity contribution in [1.29, 1.82) is 0 Å². The van der Waals surface area contributed by atoms with Gasteiger partial charge in [0.1, 0.15) is 0 Å². The Balaban J connectivity index is 2.11. The Kier molecular flexibility index (Phi) is 9.91. The van der Waals surface area contributed by atoms with Crippen molar-refractivity contribution in [2.45, 2.75) is 46.5 Å². The highest BCUT2D eigenvalue weighted by atomic mass is 35.5. The summed E-state index contributed by atoms with van der Waals surface area (Å²) in [6, 6.07) is 6.02. The molecule has 0 aliphatic heterocycles. The minimum Gasteiger partial charge on any atom is -0.322 e. The second-order valence-corrected chi connectivity index (χ2v) is 7.55. The minimum absolute atomic E-state index is 0.228. The van der Waals surface area contributed by atoms with Crippen LogP contribution in [0.3, 0.4) is 0 Å². The molecular weight excluding hydrogens is 392 g/mol. The molecule has 2 rings (SSSR count). The summed E-state index contributed by atoms with van der Waals surface area (Å²) in [6.07, 6.45) is 15.0. The van der Waals surface area contributed by atoms with E-state index in [1.54, 1.807) is 19.2 Å². The normalized spacial score (nSPS) is 17.1. The Bertz CT molecular complexity index is 968. The lowest BCUT2D eigenvalue weighted by Crippen LogP contribution is -2.15. The summed E-state index contributed by atoms with van der Waals surface area (Å²) in [4.78, 5) is 17.2. The van der Waals surface area contributed by atoms with Crippen LogP contribution in [0.1, 0.15) is 44.2 Å². The largest absolute Gasteiger partial charge is 0.322 e. The molecule has 0 bridgehead atoms. The fourth-order valence-electron chi connectivity index (χ4n) is 3.03. The molecule has 1 aromatic carbocycles. The van der Waals surface area contributed by atoms with E-state index in [0.717, 1.165) is 42.0 Å². The summed E-state index contributed by atoms with van der Waals surface area (Å²) in [6.45, 7) is 6.44. The van der Waals surface area contributed by atoms with Crippen molar-refractivity contribution in [3.05, 3.63) is 75.9 Å². The van der Waals surface area contributed by atoms with Gasteiger partial charge in [-0.25, -0.2) is 0 Å². The van der Waals surface area contributed by atoms with Crippen molar-refractivity contribution < 1.29 is 4.79 Å². The predicted molar refractivity (Wildman–Crippen MR) is 129 cm³/mol. The van der Waals surface area contributed by atoms with Gasteiger partial charge in [-0.15, -0.1) is 5.92 Å². The maximum Gasteiger partial charge on any atom is 0.257 e. The van der Waals surface area contributed by atoms with Gasteiger partial charge in [0, 0.05) is 23.0 Å². The number of anilines is 1. The highest BCUT2D eigenvalue weighted by Crippen LogP contribution is 2.18. The molecule has 0 fully saturated rings. The zero-order valence-electron chi connectivity index (χ0n) is 18.0. The van der Waals surface area contributed by atoms with Crippen LogP contribution < -0.4 is 5.32 Å². The topological polar surface area (TPSA) is 41.5 Å². The molecule has 1 aliphatic carbocycles. The molecule has 156 valence electrons. The SMILES string of the molecule is CC#C/C=C(\C=NC/C1=C/C(Cl)=CC/C=C\C1)C(=O)Nc1ccc(CCC)c(C)c1. The van der Waals surface area contributed by atoms with Crippen LogP contribution in [0.4, 0.5) is 5.69 Å². The molecule has 30 heavy (non-hydrogen) atoms. The van der Waals surface area contributed by atoms with Gasteiger partial charge in [-0.3, -0.25) is 9.79 Å². The molecule has 0 aromatic heterocycles. The molecule has 0 radical (unpaired) electrons. The third-order valence-corrected chi connectivity index (χ3v) is 4.88. The number of carbonyl (C=O) groups is 1. The Labute approximate surface area is 185 Å². The van der Waals surface area contributed by atoms with Crippen LogP contribution in [0.15, 0.2) is 69.8 Å². The van der Waals surface area contributed by atoms with Gasteiger partial charge in [0.05, 0.1) is 12.1 Å². The van der Waals surface area contributed by atoms with E-state index in [1.165, 1.54) is 11.1 Å². The van der Waals surface area contributed by atoms with E-state index in [9.17, 15) is 4.79 Å². The highest BCUT2D eigenvalue weighted by Gasteiger charge is 2.09. The third kappa shape index (κ3) is 7.89. The molecule has 3 nitrogen and oxygen atoms in total. The monoisotopic (exact) mass is 420 g/mol. The summed E-state index contributed by atoms with van der Waals surface area (Å²) in [7, 11) is 0. The van der Waals surface area contributed by atoms with Crippen molar-refractivity contribution in [2.75, 3.05) is 11.9 Å². The number of hydrogen-bond acceptors (Lipinski definition) is 2. The average Bonchev–Trinajstić information content (AvgIpc) is 2.70. The smallest absolute Gasteiger partial charge is 0.257 e. The quantitative estimate of drug-likeness (QED) is 0.239. The minimum atomic E-state index is -0.228. The van der Waals surface area contributed by atoms with E-state index in [-0.39, 0.29) is 5.91 Å². The average molecular weight is 421 g/mol. The van der Waals surface area contributed by atoms with E-state index >= 15 is 0 Å². The summed E-state index contributed by atoms with van der Waals surface area (Å²) in [5.74, 6) is 5.41. The molecular formula is C26H29ClN2O. The number of benzene rings is 1. The standard InChI is InChI=1S/C26H29ClN2O/c1-4-6-12-23(19-28-18-21-11-8-7-9-13-24(27)17-21)26(30)29-25-15-14-22(10-5-2)20(3)16-25/h7-8,12-17,19H,5,9-11,18H2,1-3H3,(H,29,30)/b8-7-,21-17+,23-12+,24-13?,28-19?. The Morgan fingerprint density at radius 2 is 2.17 bits per heavy atom. The van der Waals surface area contributed by atoms with Crippen molar-refractivity contribution in [1.82, 2.24) is 0 Å². The number of rotatable bonds is 7. The summed E-state index contributed by atoms with van der Waals surface area (Å²) in [5.41, 5.74) is 4.76. The lowest BCUT2D eigenvalue weighted by molar-refractivity contribution is -0.112. The fraction of sp³-hybridized carbons (Fsp3) is 0.308. The van der Waals surface area contributed by atoms with Crippen LogP contribution in [0, 0.1) is 18.8 Å². The molecule has 0 unspecified atom stereocenters. The van der Waals surface area contributed by atoms with Crippen LogP contribution in [0.2, 0.25) is 0 Å². The third-order valence-electron chi connectivity index (χ3n) is 4.62. The first-order chi connectivity index (χ1) is 14.5. The van der Waals surface area contributed by atoms with E-state index in [4.69, 9.17) is 11.6 Å². The van der Waals surface area contributed by atoms with Gasteiger partial charge in [-0.05, 0) is 68.0 Å². The molecule has 1 aromatic rings. The molecule has 0 heterocycles. The van der Waals surface area contributed by atoms with E-state index in [2.05, 4.69) is 54.2 Å². The Morgan fingerprint density at radius 1 is 1.33 bits per heavy atom. The number of amides is 1. The summed E-state index contributed by atoms with van der Waals surface area (Å²) >= 11 is 6.19. The molecule has 1 N–H and O–H groups in total. The fourth-order valence-corrected chi connectivity index (χ4v) is 3.28. The number of aliphatic imine (C=N–C) groups is 1. The summed E-state index contributed by atoms with van der Waals surface area (Å²) < 4.78 is 0. The van der Waals surface area contributed by atoms with Crippen molar-refractivity contribution in [2.24, 2.45) is 4.99 Å². The van der Waals surface area contributed by atoms with Gasteiger partial charge in [-0.1, -0.05) is 55.2 Å². The molecule has 1 aliphatic rings. The predicted octanol–water partition coefficient (Wildman–Crippen LogP) is 6.31. The number of nitrogens with zero attached hydrogens (tertiary/aromatic N) is 1. The first-order valence-electron chi connectivity index (χ1n) is 10.3. The first-order valence-corrected chi connectivity index (χ1v) is 10.6. The van der Waals surface area contributed by atoms with Gasteiger partial charge in [0.25, 0.3) is 5.91 Å². The van der Waals surface area contributed by atoms with Crippen molar-refractivity contribution in [3.8, 4) is 11.8 Å². The number of allylic oxidation sites excluding steroid dienone is 6. The Hall–Kier alpha value is -2.83. The summed E-state index contributed by atoms with van der Waals surface area (Å²) in [5, 5.41) is 3.67. The molecule has 0 saturated heterocycles. The van der Waals surface area contributed by atoms with E-state index in [1.807, 2.05) is 24.3 Å². The van der Waals surface area contributed by atoms with Gasteiger partial charge >= 0.3 is 0 Å². The number of aryl methyl sites for hydroxylation is 2. The van der Waals surface area contributed by atoms with E-state index < -0.39 is 0 Å². The lowest BCUT2D eigenvalue weighted by atomic mass is 10.0. The zero-order valence-corrected chi connectivity index (χ0v) is 18.7. The molecule has 1 amide bonds. The van der Waals surface area contributed by atoms with Crippen LogP contribution >= 0.6 is 11.6 Å². The molecule has 0 saturated carbocycles. The molecule has 0 spiro atoms. The zero-order chi connectivity index (χ0) is 21.8. The number of nitrogens with one attached hydrogen (secondary N) is 1. The van der Waals surface area contributed by atoms with Gasteiger partial charge in [-0.2, -0.15) is 0 Å². The van der Waals surface area contributed by atoms with Crippen LogP contribution in [-0.2, 0) is 11.2 Å². The maximum absolute atomic E-state index is 12.8. The van der Waals surface area contributed by atoms with E-state index in [0.29, 0.717) is 12.1 Å². The first kappa shape index (κ1) is 23.4. The van der Waals surface area contributed by atoms with Gasteiger partial charge < -0.3 is 5.32 Å². The number of hydrogen-bond donors (Lipinski definition) is 1. The molecule has 0 atom stereocenters. The highest BCUT2D eigenvalue weighted by molar-refractivity contribution is 6.31. The van der Waals surface area contributed by atoms with Crippen LogP contribution in [0.25, 0.3) is 0 Å². The van der Waals surface area contributed by atoms with Crippen LogP contribution in [0.5, 0.6) is 0 Å². The lowest BCUT2D eigenvalue weighted by Gasteiger charge is -2.10. The number of carbonyl (C=O) groups excluding carboxylic acids is 1. The molecule has 4 heteroatoms. The van der Waals surface area contributed by atoms with Gasteiger partial charge in [0.15, 0.2) is 0 Å². The van der Waals surface area contributed by atoms with Crippen molar-refractivity contribution in [3.63, 3.8) is 0 Å². The van der Waals surface area contributed by atoms with Gasteiger partial charge in [0.2, 0.25) is 0 Å². The second-order valence-electron chi connectivity index (χ2n) is 7.11. The Morgan fingerprint density at radius 3 is 2.90 bits per heavy atom. The maximum atomic E-state index is 12.8. The second kappa shape index (κ2) is 12.7. The number of halogens is 1. The van der Waals surface area contributed by atoms with Crippen molar-refractivity contribution >= 4 is 29.4 Å².